The van der Waals surface area contributed by atoms with Gasteiger partial charge < -0.3 is 0 Å². The summed E-state index contributed by atoms with van der Waals surface area (Å²) in [4.78, 5) is 0. The van der Waals surface area contributed by atoms with Gasteiger partial charge in [0.2, 0.25) is 0 Å². The first-order valence-electron chi connectivity index (χ1n) is 4.77. The van der Waals surface area contributed by atoms with Crippen LogP contribution in [0, 0.1) is 11.8 Å². The third-order valence-electron chi connectivity index (χ3n) is 2.84. The van der Waals surface area contributed by atoms with Crippen LogP contribution < -0.4 is 0 Å². The maximum Gasteiger partial charge on any atom is -0.00173 e. The largest absolute Gasteiger partial charge is 0.0847 e. The zero-order valence-electron chi connectivity index (χ0n) is 7.22. The molecule has 0 spiro atoms. The van der Waals surface area contributed by atoms with Crippen LogP contribution in [-0.4, -0.2) is 0 Å². The normalized spacial score (nSPS) is 37.4. The summed E-state index contributed by atoms with van der Waals surface area (Å²) in [5.74, 6) is 1.75. The Kier molecular flexibility index (Phi) is 1.85. The molecule has 1 fully saturated rings. The van der Waals surface area contributed by atoms with Crippen LogP contribution in [0.2, 0.25) is 0 Å². The van der Waals surface area contributed by atoms with Gasteiger partial charge in [-0.05, 0) is 31.1 Å². The second-order valence-electron chi connectivity index (χ2n) is 3.76. The van der Waals surface area contributed by atoms with Crippen molar-refractivity contribution in [3.8, 4) is 0 Å². The first-order chi connectivity index (χ1) is 5.40. The van der Waals surface area contributed by atoms with Gasteiger partial charge in [-0.2, -0.15) is 0 Å². The first-order valence-corrected chi connectivity index (χ1v) is 4.77. The Morgan fingerprint density at radius 2 is 2.45 bits per heavy atom. The SMILES string of the molecule is CCCC=C1CC2C=CC1C2. The Morgan fingerprint density at radius 1 is 1.55 bits per heavy atom. The van der Waals surface area contributed by atoms with Gasteiger partial charge in [-0.25, -0.2) is 0 Å². The van der Waals surface area contributed by atoms with Crippen LogP contribution >= 0.6 is 0 Å². The van der Waals surface area contributed by atoms with Crippen LogP contribution in [0.25, 0.3) is 0 Å². The van der Waals surface area contributed by atoms with E-state index in [2.05, 4.69) is 25.2 Å². The fraction of sp³-hybridized carbons (Fsp3) is 0.636. The predicted octanol–water partition coefficient (Wildman–Crippen LogP) is 3.31. The van der Waals surface area contributed by atoms with Gasteiger partial charge in [-0.1, -0.05) is 37.1 Å². The minimum atomic E-state index is 0.839. The molecular weight excluding hydrogens is 132 g/mol. The molecule has 2 atom stereocenters. The minimum absolute atomic E-state index is 0.839. The number of hydrogen-bond acceptors (Lipinski definition) is 0. The van der Waals surface area contributed by atoms with E-state index < -0.39 is 0 Å². The van der Waals surface area contributed by atoms with Gasteiger partial charge in [0.1, 0.15) is 0 Å². The Labute approximate surface area is 69.0 Å². The van der Waals surface area contributed by atoms with Crippen molar-refractivity contribution in [1.82, 2.24) is 0 Å². The summed E-state index contributed by atoms with van der Waals surface area (Å²) >= 11 is 0. The van der Waals surface area contributed by atoms with E-state index >= 15 is 0 Å². The van der Waals surface area contributed by atoms with E-state index in [1.165, 1.54) is 25.7 Å². The molecule has 2 aliphatic rings. The number of fused-ring (bicyclic) bond motifs is 2. The molecule has 2 rings (SSSR count). The van der Waals surface area contributed by atoms with E-state index in [9.17, 15) is 0 Å². The van der Waals surface area contributed by atoms with E-state index in [1.54, 1.807) is 5.57 Å². The standard InChI is InChI=1S/C11H16/c1-2-3-4-10-7-9-5-6-11(10)8-9/h4-6,9,11H,2-3,7-8H2,1H3. The molecule has 2 aliphatic carbocycles. The molecule has 0 aromatic rings. The number of allylic oxidation sites excluding steroid dienone is 4. The van der Waals surface area contributed by atoms with Crippen molar-refractivity contribution in [3.63, 3.8) is 0 Å². The molecule has 0 aromatic carbocycles. The monoisotopic (exact) mass is 148 g/mol. The van der Waals surface area contributed by atoms with Gasteiger partial charge in [0.25, 0.3) is 0 Å². The number of unbranched alkanes of at least 4 members (excludes halogenated alkanes) is 1. The third-order valence-corrected chi connectivity index (χ3v) is 2.84. The predicted molar refractivity (Wildman–Crippen MR) is 48.3 cm³/mol. The van der Waals surface area contributed by atoms with Gasteiger partial charge in [0.15, 0.2) is 0 Å². The molecule has 2 bridgehead atoms. The van der Waals surface area contributed by atoms with E-state index in [-0.39, 0.29) is 0 Å². The van der Waals surface area contributed by atoms with Crippen molar-refractivity contribution in [1.29, 1.82) is 0 Å². The fourth-order valence-corrected chi connectivity index (χ4v) is 2.22. The molecule has 11 heavy (non-hydrogen) atoms. The molecule has 0 heteroatoms. The molecule has 0 heterocycles. The summed E-state index contributed by atoms with van der Waals surface area (Å²) in [5.41, 5.74) is 1.72. The first kappa shape index (κ1) is 7.15. The van der Waals surface area contributed by atoms with Crippen molar-refractivity contribution >= 4 is 0 Å². The average molecular weight is 148 g/mol. The molecular formula is C11H16. The van der Waals surface area contributed by atoms with Crippen molar-refractivity contribution < 1.29 is 0 Å². The minimum Gasteiger partial charge on any atom is -0.0847 e. The number of hydrogen-bond donors (Lipinski definition) is 0. The van der Waals surface area contributed by atoms with Crippen LogP contribution in [0.15, 0.2) is 23.8 Å². The van der Waals surface area contributed by atoms with Gasteiger partial charge in [0.05, 0.1) is 0 Å². The van der Waals surface area contributed by atoms with Gasteiger partial charge >= 0.3 is 0 Å². The van der Waals surface area contributed by atoms with Crippen molar-refractivity contribution in [2.24, 2.45) is 11.8 Å². The maximum atomic E-state index is 2.47. The highest BCUT2D eigenvalue weighted by atomic mass is 14.3. The summed E-state index contributed by atoms with van der Waals surface area (Å²) in [7, 11) is 0. The molecule has 0 N–H and O–H groups in total. The Morgan fingerprint density at radius 3 is 3.00 bits per heavy atom. The van der Waals surface area contributed by atoms with Gasteiger partial charge in [-0.3, -0.25) is 0 Å². The second kappa shape index (κ2) is 2.84. The quantitative estimate of drug-likeness (QED) is 0.527. The Hall–Kier alpha value is -0.520. The zero-order valence-corrected chi connectivity index (χ0v) is 7.22. The van der Waals surface area contributed by atoms with Crippen LogP contribution in [0.5, 0.6) is 0 Å². The molecule has 1 saturated carbocycles. The fourth-order valence-electron chi connectivity index (χ4n) is 2.22. The maximum absolute atomic E-state index is 2.47. The van der Waals surface area contributed by atoms with Crippen molar-refractivity contribution in [3.05, 3.63) is 23.8 Å². The van der Waals surface area contributed by atoms with Gasteiger partial charge in [0, 0.05) is 0 Å². The molecule has 2 unspecified atom stereocenters. The molecule has 0 aromatic heterocycles. The van der Waals surface area contributed by atoms with E-state index in [4.69, 9.17) is 0 Å². The summed E-state index contributed by atoms with van der Waals surface area (Å²) in [6.07, 6.45) is 12.6. The highest BCUT2D eigenvalue weighted by Crippen LogP contribution is 2.42. The van der Waals surface area contributed by atoms with Gasteiger partial charge in [-0.15, -0.1) is 0 Å². The topological polar surface area (TPSA) is 0 Å². The molecule has 0 amide bonds. The summed E-state index contributed by atoms with van der Waals surface area (Å²) < 4.78 is 0. The van der Waals surface area contributed by atoms with Crippen LogP contribution in [0.1, 0.15) is 32.6 Å². The molecule has 0 saturated heterocycles. The highest BCUT2D eigenvalue weighted by Gasteiger charge is 2.29. The summed E-state index contributed by atoms with van der Waals surface area (Å²) in [5, 5.41) is 0. The summed E-state index contributed by atoms with van der Waals surface area (Å²) in [6.45, 7) is 2.25. The smallest absolute Gasteiger partial charge is 0.00173 e. The zero-order chi connectivity index (χ0) is 7.68. The van der Waals surface area contributed by atoms with Crippen LogP contribution in [-0.2, 0) is 0 Å². The molecule has 0 nitrogen and oxygen atoms in total. The lowest BCUT2D eigenvalue weighted by Crippen LogP contribution is -1.91. The van der Waals surface area contributed by atoms with E-state index in [1.807, 2.05) is 0 Å². The highest BCUT2D eigenvalue weighted by molar-refractivity contribution is 5.26. The molecule has 0 radical (unpaired) electrons. The Bertz CT molecular complexity index is 198. The molecule has 60 valence electrons. The van der Waals surface area contributed by atoms with E-state index in [0.29, 0.717) is 0 Å². The lowest BCUT2D eigenvalue weighted by atomic mass is 9.99. The Balaban J connectivity index is 2.02. The van der Waals surface area contributed by atoms with Crippen LogP contribution in [0.3, 0.4) is 0 Å². The van der Waals surface area contributed by atoms with Crippen molar-refractivity contribution in [2.45, 2.75) is 32.6 Å². The van der Waals surface area contributed by atoms with Crippen LogP contribution in [0.4, 0.5) is 0 Å². The second-order valence-corrected chi connectivity index (χ2v) is 3.76. The van der Waals surface area contributed by atoms with Crippen molar-refractivity contribution in [2.75, 3.05) is 0 Å². The van der Waals surface area contributed by atoms with E-state index in [0.717, 1.165) is 11.8 Å². The average Bonchev–Trinajstić information content (AvgIpc) is 2.60. The summed E-state index contributed by atoms with van der Waals surface area (Å²) in [6, 6.07) is 0. The lowest BCUT2D eigenvalue weighted by molar-refractivity contribution is 0.693. The molecule has 0 aliphatic heterocycles. The third kappa shape index (κ3) is 1.26. The lowest BCUT2D eigenvalue weighted by Gasteiger charge is -2.06. The number of rotatable bonds is 2.